The summed E-state index contributed by atoms with van der Waals surface area (Å²) in [5, 5.41) is 17.8. The SMILES string of the molecule is CC[C@@H]1C[C@]1(NC(=O)[C@@H]1C[C@@H](OC(=O)N2Cc3cccc(F)c3C2)CN1C(O)[C@@H](Nc1cccc(C(F)(F)F)c1)C(C)(C)C)C(=O)NS(=O)(=O)C1(C)CC1. The Kier molecular flexibility index (Phi) is 10.3. The molecular formula is C37H47F4N5O7S. The van der Waals surface area contributed by atoms with Gasteiger partial charge in [0.1, 0.15) is 23.7 Å². The molecule has 17 heteroatoms. The van der Waals surface area contributed by atoms with Gasteiger partial charge in [0, 0.05) is 30.8 Å². The predicted octanol–water partition coefficient (Wildman–Crippen LogP) is 4.87. The molecule has 54 heavy (non-hydrogen) atoms. The van der Waals surface area contributed by atoms with Crippen LogP contribution < -0.4 is 15.4 Å². The zero-order valence-electron chi connectivity index (χ0n) is 30.8. The average molecular weight is 782 g/mol. The van der Waals surface area contributed by atoms with E-state index in [0.29, 0.717) is 30.4 Å². The molecule has 1 saturated heterocycles. The zero-order chi connectivity index (χ0) is 39.6. The summed E-state index contributed by atoms with van der Waals surface area (Å²) in [5.74, 6) is -2.42. The fourth-order valence-electron chi connectivity index (χ4n) is 7.47. The summed E-state index contributed by atoms with van der Waals surface area (Å²) >= 11 is 0. The van der Waals surface area contributed by atoms with E-state index in [9.17, 15) is 45.5 Å². The number of nitrogens with zero attached hydrogens (tertiary/aromatic N) is 2. The van der Waals surface area contributed by atoms with Crippen LogP contribution in [0.1, 0.15) is 83.4 Å². The number of ether oxygens (including phenoxy) is 1. The number of aliphatic hydroxyl groups excluding tert-OH is 1. The van der Waals surface area contributed by atoms with Gasteiger partial charge in [-0.15, -0.1) is 0 Å². The number of amides is 3. The number of alkyl halides is 3. The van der Waals surface area contributed by atoms with E-state index in [-0.39, 0.29) is 44.1 Å². The van der Waals surface area contributed by atoms with Crippen molar-refractivity contribution in [3.63, 3.8) is 0 Å². The quantitative estimate of drug-likeness (QED) is 0.234. The lowest BCUT2D eigenvalue weighted by Crippen LogP contribution is -2.60. The minimum Gasteiger partial charge on any atom is -0.445 e. The van der Waals surface area contributed by atoms with Gasteiger partial charge < -0.3 is 20.5 Å². The average Bonchev–Trinajstić information content (AvgIpc) is 3.89. The Balaban J connectivity index is 1.26. The standard InChI is InChI=1S/C37H47F4N5O7S/c1-6-22-17-36(22,32(49)44-54(51,52)35(5)13-14-35)43-30(47)28-16-25(53-33(50)45-18-21-9-7-12-27(38)26(21)20-45)19-46(28)31(48)29(34(2,3)4)42-24-11-8-10-23(15-24)37(39,40)41/h7-12,15,22,25,28-29,31,42,48H,6,13-14,16-20H2,1-5H3,(H,43,47)(H,44,49)/t22-,25-,28+,29-,31?,36-/m1/s1. The number of fused-ring (bicyclic) bond motifs is 1. The summed E-state index contributed by atoms with van der Waals surface area (Å²) in [5.41, 5.74) is -2.22. The highest BCUT2D eigenvalue weighted by molar-refractivity contribution is 7.91. The van der Waals surface area contributed by atoms with Crippen molar-refractivity contribution in [1.29, 1.82) is 0 Å². The summed E-state index contributed by atoms with van der Waals surface area (Å²) in [4.78, 5) is 44.0. The third kappa shape index (κ3) is 7.76. The first-order valence-corrected chi connectivity index (χ1v) is 19.5. The van der Waals surface area contributed by atoms with Crippen molar-refractivity contribution < 1.29 is 50.2 Å². The van der Waals surface area contributed by atoms with Crippen LogP contribution in [0.3, 0.4) is 0 Å². The van der Waals surface area contributed by atoms with Crippen LogP contribution in [-0.2, 0) is 43.6 Å². The first-order valence-electron chi connectivity index (χ1n) is 18.1. The van der Waals surface area contributed by atoms with E-state index in [1.807, 2.05) is 0 Å². The Morgan fingerprint density at radius 3 is 2.35 bits per heavy atom. The largest absolute Gasteiger partial charge is 0.445 e. The summed E-state index contributed by atoms with van der Waals surface area (Å²) in [6.07, 6.45) is -6.66. The number of carbonyl (C=O) groups is 3. The molecule has 3 fully saturated rings. The van der Waals surface area contributed by atoms with Crippen molar-refractivity contribution in [2.45, 2.75) is 121 Å². The van der Waals surface area contributed by atoms with Gasteiger partial charge in [-0.2, -0.15) is 13.2 Å². The number of rotatable bonds is 11. The number of hydrogen-bond donors (Lipinski definition) is 4. The maximum absolute atomic E-state index is 14.4. The first-order chi connectivity index (χ1) is 25.1. The van der Waals surface area contributed by atoms with Crippen molar-refractivity contribution in [1.82, 2.24) is 19.8 Å². The molecule has 6 rings (SSSR count). The van der Waals surface area contributed by atoms with E-state index in [1.54, 1.807) is 39.8 Å². The van der Waals surface area contributed by atoms with E-state index in [1.165, 1.54) is 34.9 Å². The van der Waals surface area contributed by atoms with Crippen LogP contribution in [0.4, 0.5) is 28.0 Å². The second-order valence-electron chi connectivity index (χ2n) is 16.3. The maximum atomic E-state index is 14.4. The van der Waals surface area contributed by atoms with Crippen molar-refractivity contribution in [2.75, 3.05) is 11.9 Å². The molecule has 4 N–H and O–H groups in total. The first kappa shape index (κ1) is 39.7. The van der Waals surface area contributed by atoms with E-state index >= 15 is 0 Å². The lowest BCUT2D eigenvalue weighted by Gasteiger charge is -2.41. The molecule has 2 saturated carbocycles. The summed E-state index contributed by atoms with van der Waals surface area (Å²) < 4.78 is 88.1. The molecule has 3 amide bonds. The van der Waals surface area contributed by atoms with E-state index < -0.39 is 85.6 Å². The second-order valence-corrected chi connectivity index (χ2v) is 18.5. The van der Waals surface area contributed by atoms with Crippen molar-refractivity contribution in [2.24, 2.45) is 11.3 Å². The molecular weight excluding hydrogens is 734 g/mol. The molecule has 0 bridgehead atoms. The van der Waals surface area contributed by atoms with Crippen LogP contribution in [0.2, 0.25) is 0 Å². The van der Waals surface area contributed by atoms with Gasteiger partial charge in [0.2, 0.25) is 15.9 Å². The van der Waals surface area contributed by atoms with Gasteiger partial charge in [-0.25, -0.2) is 17.6 Å². The van der Waals surface area contributed by atoms with Gasteiger partial charge in [-0.05, 0) is 67.3 Å². The molecule has 296 valence electrons. The Morgan fingerprint density at radius 1 is 1.07 bits per heavy atom. The third-order valence-electron chi connectivity index (χ3n) is 11.3. The van der Waals surface area contributed by atoms with Crippen LogP contribution >= 0.6 is 0 Å². The minimum atomic E-state index is -4.62. The van der Waals surface area contributed by atoms with Crippen LogP contribution in [0, 0.1) is 17.2 Å². The van der Waals surface area contributed by atoms with Crippen molar-refractivity contribution in [3.8, 4) is 0 Å². The van der Waals surface area contributed by atoms with Crippen LogP contribution in [0.25, 0.3) is 0 Å². The molecule has 0 radical (unpaired) electrons. The van der Waals surface area contributed by atoms with Gasteiger partial charge in [-0.3, -0.25) is 24.1 Å². The van der Waals surface area contributed by atoms with Gasteiger partial charge in [0.05, 0.1) is 28.9 Å². The van der Waals surface area contributed by atoms with Gasteiger partial charge >= 0.3 is 12.3 Å². The normalized spacial score (nSPS) is 26.0. The number of benzene rings is 2. The fraction of sp³-hybridized carbons (Fsp3) is 0.595. The predicted molar refractivity (Wildman–Crippen MR) is 189 cm³/mol. The number of likely N-dealkylation sites (tertiary alicyclic amines) is 1. The Morgan fingerprint density at radius 2 is 1.76 bits per heavy atom. The molecule has 2 aromatic carbocycles. The summed E-state index contributed by atoms with van der Waals surface area (Å²) in [6.45, 7) is 8.49. The molecule has 1 unspecified atom stereocenters. The molecule has 12 nitrogen and oxygen atoms in total. The second kappa shape index (κ2) is 14.0. The zero-order valence-corrected chi connectivity index (χ0v) is 31.6. The van der Waals surface area contributed by atoms with Crippen molar-refractivity contribution >= 4 is 33.6 Å². The number of aliphatic hydroxyl groups is 1. The lowest BCUT2D eigenvalue weighted by molar-refractivity contribution is -0.137. The van der Waals surface area contributed by atoms with Crippen LogP contribution in [0.5, 0.6) is 0 Å². The van der Waals surface area contributed by atoms with Crippen LogP contribution in [-0.4, -0.2) is 82.5 Å². The van der Waals surface area contributed by atoms with Crippen molar-refractivity contribution in [3.05, 3.63) is 65.0 Å². The number of hydrogen-bond acceptors (Lipinski definition) is 9. The maximum Gasteiger partial charge on any atom is 0.416 e. The molecule has 2 aliphatic carbocycles. The molecule has 2 heterocycles. The molecule has 2 aromatic rings. The fourth-order valence-corrected chi connectivity index (χ4v) is 8.79. The Hall–Kier alpha value is -3.96. The highest BCUT2D eigenvalue weighted by Gasteiger charge is 2.63. The molecule has 0 aromatic heterocycles. The number of carbonyl (C=O) groups excluding carboxylic acids is 3. The number of sulfonamides is 1. The van der Waals surface area contributed by atoms with E-state index in [4.69, 9.17) is 4.74 Å². The smallest absolute Gasteiger partial charge is 0.416 e. The van der Waals surface area contributed by atoms with Gasteiger partial charge in [0.15, 0.2) is 0 Å². The molecule has 2 aliphatic heterocycles. The number of anilines is 1. The molecule has 4 aliphatic rings. The van der Waals surface area contributed by atoms with Crippen LogP contribution in [0.15, 0.2) is 42.5 Å². The highest BCUT2D eigenvalue weighted by atomic mass is 32.2. The Bertz CT molecular complexity index is 1920. The topological polar surface area (TPSA) is 157 Å². The Labute approximate surface area is 312 Å². The summed E-state index contributed by atoms with van der Waals surface area (Å²) in [7, 11) is -4.03. The third-order valence-corrected chi connectivity index (χ3v) is 13.5. The summed E-state index contributed by atoms with van der Waals surface area (Å²) in [6, 6.07) is 6.81. The van der Waals surface area contributed by atoms with Gasteiger partial charge in [-0.1, -0.05) is 52.3 Å². The van der Waals surface area contributed by atoms with E-state index in [0.717, 1.165) is 12.1 Å². The highest BCUT2D eigenvalue weighted by Crippen LogP contribution is 2.48. The van der Waals surface area contributed by atoms with Gasteiger partial charge in [0.25, 0.3) is 5.91 Å². The number of halogens is 4. The minimum absolute atomic E-state index is 0.0329. The monoisotopic (exact) mass is 781 g/mol. The molecule has 6 atom stereocenters. The lowest BCUT2D eigenvalue weighted by atomic mass is 9.84. The molecule has 0 spiro atoms. The van der Waals surface area contributed by atoms with E-state index in [2.05, 4.69) is 15.4 Å². The number of nitrogens with one attached hydrogen (secondary N) is 3.